The van der Waals surface area contributed by atoms with E-state index >= 15 is 0 Å². The molecule has 5 aromatic rings. The van der Waals surface area contributed by atoms with Gasteiger partial charge in [-0.25, -0.2) is 5.01 Å². The van der Waals surface area contributed by atoms with Crippen molar-refractivity contribution in [1.29, 1.82) is 0 Å². The second-order valence-electron chi connectivity index (χ2n) is 11.1. The number of para-hydroxylation sites is 2. The molecule has 1 aliphatic heterocycles. The van der Waals surface area contributed by atoms with E-state index in [2.05, 4.69) is 15.5 Å². The number of methoxy groups -OCH3 is 3. The van der Waals surface area contributed by atoms with E-state index in [1.54, 1.807) is 26.3 Å². The molecule has 49 heavy (non-hydrogen) atoms. The number of hydrazone groups is 1. The first-order chi connectivity index (χ1) is 24.0. The minimum absolute atomic E-state index is 0.0414. The third kappa shape index (κ3) is 7.76. The largest absolute Gasteiger partial charge is 0.497 e. The molecule has 12 heteroatoms. The van der Waals surface area contributed by atoms with Crippen LogP contribution in [0, 0.1) is 0 Å². The summed E-state index contributed by atoms with van der Waals surface area (Å²) in [5.74, 6) is 2.27. The third-order valence-electron chi connectivity index (χ3n) is 8.09. The Morgan fingerprint density at radius 2 is 1.49 bits per heavy atom. The second kappa shape index (κ2) is 15.5. The van der Waals surface area contributed by atoms with E-state index < -0.39 is 0 Å². The van der Waals surface area contributed by atoms with Crippen molar-refractivity contribution in [2.24, 2.45) is 5.10 Å². The van der Waals surface area contributed by atoms with Crippen LogP contribution in [0.4, 0.5) is 0 Å². The van der Waals surface area contributed by atoms with Gasteiger partial charge in [0.05, 0.1) is 57.5 Å². The minimum atomic E-state index is -0.307. The summed E-state index contributed by atoms with van der Waals surface area (Å²) in [4.78, 5) is 26.8. The summed E-state index contributed by atoms with van der Waals surface area (Å²) in [5, 5.41) is 18.7. The van der Waals surface area contributed by atoms with Gasteiger partial charge >= 0.3 is 0 Å². The van der Waals surface area contributed by atoms with Gasteiger partial charge in [0.25, 0.3) is 5.91 Å². The Balaban J connectivity index is 1.24. The van der Waals surface area contributed by atoms with E-state index in [9.17, 15) is 9.59 Å². The van der Waals surface area contributed by atoms with E-state index in [0.717, 1.165) is 33.9 Å². The third-order valence-corrected chi connectivity index (χ3v) is 9.01. The number of amides is 2. The van der Waals surface area contributed by atoms with Gasteiger partial charge in [-0.1, -0.05) is 66.4 Å². The predicted octanol–water partition coefficient (Wildman–Crippen LogP) is 5.62. The molecule has 1 aliphatic rings. The molecule has 6 rings (SSSR count). The van der Waals surface area contributed by atoms with E-state index in [1.165, 1.54) is 11.8 Å². The van der Waals surface area contributed by atoms with Gasteiger partial charge in [-0.05, 0) is 65.2 Å². The molecule has 0 saturated carbocycles. The molecule has 0 bridgehead atoms. The van der Waals surface area contributed by atoms with Crippen molar-refractivity contribution in [3.63, 3.8) is 0 Å². The molecule has 1 unspecified atom stereocenters. The SMILES string of the molecule is COc1ccc(C2=NN(C(=O)CSc3nnc(CNC(=O)Cc4ccccc4)n3-c3ccccc3OC)C(c3ccc(OC)cc3)C2)cc1. The maximum absolute atomic E-state index is 14.0. The number of hydrogen-bond donors (Lipinski definition) is 1. The molecule has 1 N–H and O–H groups in total. The van der Waals surface area contributed by atoms with Crippen molar-refractivity contribution < 1.29 is 23.8 Å². The van der Waals surface area contributed by atoms with Crippen LogP contribution in [-0.4, -0.2) is 64.4 Å². The highest BCUT2D eigenvalue weighted by atomic mass is 32.2. The lowest BCUT2D eigenvalue weighted by Gasteiger charge is -2.22. The Labute approximate surface area is 288 Å². The Morgan fingerprint density at radius 1 is 0.816 bits per heavy atom. The van der Waals surface area contributed by atoms with Gasteiger partial charge in [0, 0.05) is 6.42 Å². The van der Waals surface area contributed by atoms with E-state index in [0.29, 0.717) is 28.8 Å². The number of benzene rings is 4. The molecule has 0 fully saturated rings. The normalized spacial score (nSPS) is 13.9. The van der Waals surface area contributed by atoms with Crippen LogP contribution < -0.4 is 19.5 Å². The summed E-state index contributed by atoms with van der Waals surface area (Å²) in [6.45, 7) is 0.131. The molecule has 1 atom stereocenters. The Morgan fingerprint density at radius 3 is 2.18 bits per heavy atom. The molecule has 0 aliphatic carbocycles. The number of aromatic nitrogens is 3. The molecule has 11 nitrogen and oxygen atoms in total. The van der Waals surface area contributed by atoms with Gasteiger partial charge in [0.1, 0.15) is 17.2 Å². The van der Waals surface area contributed by atoms with Crippen molar-refractivity contribution in [2.75, 3.05) is 27.1 Å². The summed E-state index contributed by atoms with van der Waals surface area (Å²) >= 11 is 1.24. The monoisotopic (exact) mass is 676 g/mol. The zero-order valence-corrected chi connectivity index (χ0v) is 28.2. The fourth-order valence-electron chi connectivity index (χ4n) is 5.56. The smallest absolute Gasteiger partial charge is 0.253 e. The number of nitrogens with zero attached hydrogens (tertiary/aromatic N) is 5. The van der Waals surface area contributed by atoms with Crippen LogP contribution >= 0.6 is 11.8 Å². The Hall–Kier alpha value is -5.62. The molecule has 250 valence electrons. The highest BCUT2D eigenvalue weighted by Gasteiger charge is 2.33. The highest BCUT2D eigenvalue weighted by Crippen LogP contribution is 2.35. The summed E-state index contributed by atoms with van der Waals surface area (Å²) in [5.41, 5.74) is 4.25. The number of hydrogen-bond acceptors (Lipinski definition) is 9. The zero-order chi connectivity index (χ0) is 34.2. The van der Waals surface area contributed by atoms with Crippen molar-refractivity contribution in [1.82, 2.24) is 25.1 Å². The van der Waals surface area contributed by atoms with Crippen molar-refractivity contribution in [2.45, 2.75) is 30.6 Å². The fraction of sp³-hybridized carbons (Fsp3) is 0.216. The van der Waals surface area contributed by atoms with E-state index in [-0.39, 0.29) is 36.6 Å². The molecule has 0 spiro atoms. The van der Waals surface area contributed by atoms with Crippen molar-refractivity contribution in [3.8, 4) is 22.9 Å². The fourth-order valence-corrected chi connectivity index (χ4v) is 6.38. The summed E-state index contributed by atoms with van der Waals surface area (Å²) in [6.07, 6.45) is 0.781. The maximum Gasteiger partial charge on any atom is 0.253 e. The van der Waals surface area contributed by atoms with Crippen LogP contribution in [0.25, 0.3) is 5.69 Å². The van der Waals surface area contributed by atoms with Gasteiger partial charge in [0.2, 0.25) is 5.91 Å². The lowest BCUT2D eigenvalue weighted by atomic mass is 9.98. The highest BCUT2D eigenvalue weighted by molar-refractivity contribution is 7.99. The van der Waals surface area contributed by atoms with Crippen LogP contribution in [0.1, 0.15) is 35.0 Å². The summed E-state index contributed by atoms with van der Waals surface area (Å²) in [7, 11) is 4.84. The first kappa shape index (κ1) is 33.3. The Kier molecular flexibility index (Phi) is 10.5. The number of carbonyl (C=O) groups is 2. The Bertz CT molecular complexity index is 1930. The lowest BCUT2D eigenvalue weighted by molar-refractivity contribution is -0.130. The summed E-state index contributed by atoms with van der Waals surface area (Å²) < 4.78 is 18.2. The maximum atomic E-state index is 14.0. The van der Waals surface area contributed by atoms with Gasteiger partial charge in [-0.2, -0.15) is 5.10 Å². The number of ether oxygens (including phenoxy) is 3. The summed E-state index contributed by atoms with van der Waals surface area (Å²) in [6, 6.07) is 32.0. The van der Waals surface area contributed by atoms with Crippen LogP contribution in [0.5, 0.6) is 17.2 Å². The molecule has 4 aromatic carbocycles. The van der Waals surface area contributed by atoms with Crippen LogP contribution in [0.2, 0.25) is 0 Å². The van der Waals surface area contributed by atoms with Crippen molar-refractivity contribution >= 4 is 29.3 Å². The molecule has 0 saturated heterocycles. The first-order valence-electron chi connectivity index (χ1n) is 15.7. The molecule has 1 aromatic heterocycles. The van der Waals surface area contributed by atoms with Gasteiger partial charge < -0.3 is 19.5 Å². The average molecular weight is 677 g/mol. The lowest BCUT2D eigenvalue weighted by Crippen LogP contribution is -2.28. The van der Waals surface area contributed by atoms with Crippen LogP contribution in [0.15, 0.2) is 113 Å². The van der Waals surface area contributed by atoms with E-state index in [4.69, 9.17) is 19.3 Å². The number of nitrogens with one attached hydrogen (secondary N) is 1. The quantitative estimate of drug-likeness (QED) is 0.160. The molecule has 2 amide bonds. The number of thioether (sulfide) groups is 1. The minimum Gasteiger partial charge on any atom is -0.497 e. The van der Waals surface area contributed by atoms with Gasteiger partial charge in [0.15, 0.2) is 11.0 Å². The van der Waals surface area contributed by atoms with Crippen molar-refractivity contribution in [3.05, 3.63) is 126 Å². The second-order valence-corrected chi connectivity index (χ2v) is 12.1. The number of carbonyl (C=O) groups excluding carboxylic acids is 2. The predicted molar refractivity (Wildman–Crippen MR) is 187 cm³/mol. The van der Waals surface area contributed by atoms with Crippen LogP contribution in [0.3, 0.4) is 0 Å². The average Bonchev–Trinajstić information content (AvgIpc) is 3.78. The molecular formula is C37H36N6O5S. The first-order valence-corrected chi connectivity index (χ1v) is 16.6. The topological polar surface area (TPSA) is 120 Å². The standard InChI is InChI=1S/C37H36N6O5S/c1-46-28-17-13-26(14-18-28)30-22-32(27-15-19-29(47-2)20-16-27)43(41-30)36(45)24-49-37-40-39-34(42(37)31-11-7-8-12-33(31)48-3)23-38-35(44)21-25-9-5-4-6-10-25/h4-20,32H,21-24H2,1-3H3,(H,38,44). The molecule has 0 radical (unpaired) electrons. The molecular weight excluding hydrogens is 641 g/mol. The molecule has 2 heterocycles. The van der Waals surface area contributed by atoms with E-state index in [1.807, 2.05) is 108 Å². The van der Waals surface area contributed by atoms with Gasteiger partial charge in [-0.3, -0.25) is 14.2 Å². The zero-order valence-electron chi connectivity index (χ0n) is 27.4. The van der Waals surface area contributed by atoms with Crippen LogP contribution in [-0.2, 0) is 22.6 Å². The number of rotatable bonds is 13. The van der Waals surface area contributed by atoms with Gasteiger partial charge in [-0.15, -0.1) is 10.2 Å².